The van der Waals surface area contributed by atoms with Crippen LogP contribution in [0, 0.1) is 11.5 Å². The van der Waals surface area contributed by atoms with E-state index in [0.29, 0.717) is 35.3 Å². The summed E-state index contributed by atoms with van der Waals surface area (Å²) < 4.78 is 5.54. The number of hydrogen-bond donors (Lipinski definition) is 0. The van der Waals surface area contributed by atoms with E-state index in [1.165, 1.54) is 0 Å². The topological polar surface area (TPSA) is 68.9 Å². The molecule has 0 saturated heterocycles. The van der Waals surface area contributed by atoms with Crippen LogP contribution in [0.1, 0.15) is 36.6 Å². The molecule has 0 amide bonds. The van der Waals surface area contributed by atoms with Crippen LogP contribution in [-0.4, -0.2) is 28.3 Å². The zero-order chi connectivity index (χ0) is 25.5. The molecule has 1 aliphatic rings. The molecule has 3 aromatic rings. The lowest BCUT2D eigenvalue weighted by Crippen LogP contribution is -2.51. The van der Waals surface area contributed by atoms with Crippen LogP contribution in [0.3, 0.4) is 0 Å². The molecule has 3 aromatic carbocycles. The molecule has 7 heteroatoms. The highest BCUT2D eigenvalue weighted by Crippen LogP contribution is 2.40. The maximum atomic E-state index is 13.5. The maximum absolute atomic E-state index is 13.5. The lowest BCUT2D eigenvalue weighted by molar-refractivity contribution is -0.139. The molecule has 0 fully saturated rings. The van der Waals surface area contributed by atoms with Crippen LogP contribution < -0.4 is 0 Å². The molecule has 182 valence electrons. The van der Waals surface area contributed by atoms with E-state index in [0.717, 1.165) is 16.7 Å². The predicted molar refractivity (Wildman–Crippen MR) is 141 cm³/mol. The van der Waals surface area contributed by atoms with Crippen molar-refractivity contribution < 1.29 is 9.53 Å². The van der Waals surface area contributed by atoms with Gasteiger partial charge in [-0.3, -0.25) is 0 Å². The molecule has 0 aromatic heterocycles. The van der Waals surface area contributed by atoms with E-state index in [1.54, 1.807) is 19.1 Å². The lowest BCUT2D eigenvalue weighted by Gasteiger charge is -2.45. The van der Waals surface area contributed by atoms with Gasteiger partial charge in [0.1, 0.15) is 0 Å². The molecular formula is C29H27ClN4O2. The number of allylic oxidation sites excluding steroid dienone is 1. The first-order valence-corrected chi connectivity index (χ1v) is 12.1. The molecule has 0 radical (unpaired) electrons. The first-order chi connectivity index (χ1) is 17.5. The van der Waals surface area contributed by atoms with Crippen LogP contribution in [0.25, 0.3) is 0 Å². The van der Waals surface area contributed by atoms with Gasteiger partial charge in [-0.05, 0) is 42.7 Å². The largest absolute Gasteiger partial charge is 0.463 e. The molecule has 36 heavy (non-hydrogen) atoms. The number of rotatable bonds is 7. The van der Waals surface area contributed by atoms with Crippen LogP contribution in [0.5, 0.6) is 0 Å². The van der Waals surface area contributed by atoms with Crippen molar-refractivity contribution in [1.82, 2.24) is 9.80 Å². The summed E-state index contributed by atoms with van der Waals surface area (Å²) in [5, 5.41) is 10.3. The highest BCUT2D eigenvalue weighted by molar-refractivity contribution is 6.30. The molecule has 0 bridgehead atoms. The molecule has 0 N–H and O–H groups in total. The summed E-state index contributed by atoms with van der Waals surface area (Å²) in [6, 6.07) is 26.7. The number of esters is 1. The van der Waals surface area contributed by atoms with Gasteiger partial charge in [-0.2, -0.15) is 5.26 Å². The second-order valence-electron chi connectivity index (χ2n) is 8.37. The quantitative estimate of drug-likeness (QED) is 0.292. The summed E-state index contributed by atoms with van der Waals surface area (Å²) in [5.41, 5.74) is 4.08. The number of halogens is 1. The maximum Gasteiger partial charge on any atom is 0.338 e. The van der Waals surface area contributed by atoms with Gasteiger partial charge in [-0.1, -0.05) is 84.4 Å². The van der Waals surface area contributed by atoms with Gasteiger partial charge in [0.2, 0.25) is 12.2 Å². The number of ether oxygens (including phenoxy) is 1. The Hall–Kier alpha value is -4.08. The Labute approximate surface area is 216 Å². The molecule has 0 aliphatic carbocycles. The van der Waals surface area contributed by atoms with Crippen LogP contribution in [0.15, 0.2) is 101 Å². The van der Waals surface area contributed by atoms with Gasteiger partial charge in [-0.15, -0.1) is 4.99 Å². The molecule has 1 heterocycles. The van der Waals surface area contributed by atoms with Gasteiger partial charge in [-0.25, -0.2) is 4.79 Å². The molecule has 0 saturated carbocycles. The summed E-state index contributed by atoms with van der Waals surface area (Å²) in [7, 11) is 0. The van der Waals surface area contributed by atoms with Crippen molar-refractivity contribution in [2.24, 2.45) is 4.99 Å². The minimum atomic E-state index is -0.527. The van der Waals surface area contributed by atoms with E-state index >= 15 is 0 Å². The second kappa shape index (κ2) is 11.6. The second-order valence-corrected chi connectivity index (χ2v) is 8.81. The molecule has 6 nitrogen and oxygen atoms in total. The minimum absolute atomic E-state index is 0.249. The monoisotopic (exact) mass is 498 g/mol. The van der Waals surface area contributed by atoms with E-state index < -0.39 is 12.0 Å². The first-order valence-electron chi connectivity index (χ1n) is 11.8. The summed E-state index contributed by atoms with van der Waals surface area (Å²) in [5.74, 6) is 0.0674. The smallest absolute Gasteiger partial charge is 0.338 e. The molecule has 1 atom stereocenters. The number of benzene rings is 3. The first kappa shape index (κ1) is 25.0. The number of carbonyl (C=O) groups excluding carboxylic acids is 1. The van der Waals surface area contributed by atoms with Crippen LogP contribution in [-0.2, 0) is 22.6 Å². The van der Waals surface area contributed by atoms with Gasteiger partial charge in [0.25, 0.3) is 0 Å². The van der Waals surface area contributed by atoms with Crippen molar-refractivity contribution in [3.8, 4) is 6.19 Å². The number of guanidine groups is 1. The van der Waals surface area contributed by atoms with Crippen molar-refractivity contribution in [2.45, 2.75) is 33.0 Å². The summed E-state index contributed by atoms with van der Waals surface area (Å²) in [6.45, 7) is 4.79. The van der Waals surface area contributed by atoms with Gasteiger partial charge < -0.3 is 14.5 Å². The van der Waals surface area contributed by atoms with E-state index in [4.69, 9.17) is 16.3 Å². The van der Waals surface area contributed by atoms with Crippen LogP contribution >= 0.6 is 11.6 Å². The fourth-order valence-electron chi connectivity index (χ4n) is 4.45. The summed E-state index contributed by atoms with van der Waals surface area (Å²) in [4.78, 5) is 21.6. The van der Waals surface area contributed by atoms with Gasteiger partial charge in [0.05, 0.1) is 24.8 Å². The molecular weight excluding hydrogens is 472 g/mol. The third kappa shape index (κ3) is 5.42. The molecule has 0 spiro atoms. The van der Waals surface area contributed by atoms with E-state index in [2.05, 4.69) is 4.99 Å². The fourth-order valence-corrected chi connectivity index (χ4v) is 4.57. The van der Waals surface area contributed by atoms with E-state index in [-0.39, 0.29) is 6.61 Å². The summed E-state index contributed by atoms with van der Waals surface area (Å²) >= 11 is 6.19. The standard InChI is InChI=1S/C29H27ClN4O2/c1-3-36-28(35)26-21(2)33(18-22-10-6-4-7-11-22)29(32-20-31)34(19-23-12-8-5-9-13-23)27(26)24-14-16-25(30)17-15-24/h4-17,27H,3,18-19H2,1-2H3. The third-order valence-electron chi connectivity index (χ3n) is 6.09. The molecule has 1 aliphatic heterocycles. The van der Waals surface area contributed by atoms with Gasteiger partial charge >= 0.3 is 5.97 Å². The Bertz CT molecular complexity index is 1300. The number of aliphatic imine (C=N–C) groups is 1. The number of nitriles is 1. The van der Waals surface area contributed by atoms with Gasteiger partial charge in [0, 0.05) is 17.3 Å². The number of hydrogen-bond acceptors (Lipinski definition) is 4. The van der Waals surface area contributed by atoms with Crippen molar-refractivity contribution in [3.63, 3.8) is 0 Å². The summed E-state index contributed by atoms with van der Waals surface area (Å²) in [6.07, 6.45) is 1.98. The number of nitrogens with zero attached hydrogens (tertiary/aromatic N) is 4. The van der Waals surface area contributed by atoms with Crippen LogP contribution in [0.4, 0.5) is 0 Å². The normalized spacial score (nSPS) is 16.7. The van der Waals surface area contributed by atoms with Crippen molar-refractivity contribution in [2.75, 3.05) is 6.61 Å². The molecule has 1 unspecified atom stereocenters. The predicted octanol–water partition coefficient (Wildman–Crippen LogP) is 6.07. The third-order valence-corrected chi connectivity index (χ3v) is 6.34. The lowest BCUT2D eigenvalue weighted by atomic mass is 9.92. The SMILES string of the molecule is CCOC(=O)C1=C(C)N(Cc2ccccc2)C(=NC#N)N(Cc2ccccc2)C1c1ccc(Cl)cc1. The minimum Gasteiger partial charge on any atom is -0.463 e. The Morgan fingerprint density at radius 3 is 2.11 bits per heavy atom. The van der Waals surface area contributed by atoms with E-state index in [9.17, 15) is 10.1 Å². The Balaban J connectivity index is 1.94. The van der Waals surface area contributed by atoms with Crippen molar-refractivity contribution in [3.05, 3.63) is 118 Å². The average molecular weight is 499 g/mol. The highest BCUT2D eigenvalue weighted by Gasteiger charge is 2.41. The average Bonchev–Trinajstić information content (AvgIpc) is 2.89. The Morgan fingerprint density at radius 1 is 0.972 bits per heavy atom. The van der Waals surface area contributed by atoms with Crippen molar-refractivity contribution in [1.29, 1.82) is 5.26 Å². The van der Waals surface area contributed by atoms with Crippen LogP contribution in [0.2, 0.25) is 5.02 Å². The van der Waals surface area contributed by atoms with E-state index in [1.807, 2.05) is 95.7 Å². The van der Waals surface area contributed by atoms with Crippen molar-refractivity contribution >= 4 is 23.5 Å². The zero-order valence-corrected chi connectivity index (χ0v) is 21.0. The fraction of sp³-hybridized carbons (Fsp3) is 0.207. The zero-order valence-electron chi connectivity index (χ0n) is 20.3. The number of carbonyl (C=O) groups is 1. The molecule has 4 rings (SSSR count). The highest BCUT2D eigenvalue weighted by atomic mass is 35.5. The Kier molecular flexibility index (Phi) is 8.04. The van der Waals surface area contributed by atoms with Gasteiger partial charge in [0.15, 0.2) is 0 Å². The Morgan fingerprint density at radius 2 is 1.56 bits per heavy atom.